The number of rotatable bonds is 5. The van der Waals surface area contributed by atoms with Crippen LogP contribution >= 0.6 is 0 Å². The van der Waals surface area contributed by atoms with E-state index >= 15 is 0 Å². The summed E-state index contributed by atoms with van der Waals surface area (Å²) in [6.45, 7) is 0. The SMILES string of the molecule is CN(C)C1CCc2cc(NC(c3ccccc3)c3ccccc3)ccc2C1. The lowest BCUT2D eigenvalue weighted by atomic mass is 9.87. The third kappa shape index (κ3) is 4.06. The lowest BCUT2D eigenvalue weighted by Crippen LogP contribution is -2.33. The van der Waals surface area contributed by atoms with Crippen molar-refractivity contribution in [2.24, 2.45) is 0 Å². The first kappa shape index (κ1) is 17.8. The normalized spacial score (nSPS) is 16.4. The molecule has 0 heterocycles. The summed E-state index contributed by atoms with van der Waals surface area (Å²) in [6, 6.07) is 29.1. The van der Waals surface area contributed by atoms with Gasteiger partial charge in [0.05, 0.1) is 6.04 Å². The van der Waals surface area contributed by atoms with Crippen LogP contribution in [0.2, 0.25) is 0 Å². The Morgan fingerprint density at radius 2 is 1.44 bits per heavy atom. The van der Waals surface area contributed by atoms with E-state index in [1.807, 2.05) is 0 Å². The van der Waals surface area contributed by atoms with E-state index in [1.165, 1.54) is 34.4 Å². The van der Waals surface area contributed by atoms with Crippen molar-refractivity contribution in [2.75, 3.05) is 19.4 Å². The number of aryl methyl sites for hydroxylation is 1. The number of fused-ring (bicyclic) bond motifs is 1. The van der Waals surface area contributed by atoms with Gasteiger partial charge in [0.25, 0.3) is 0 Å². The molecule has 1 aliphatic rings. The molecule has 0 amide bonds. The van der Waals surface area contributed by atoms with Crippen molar-refractivity contribution in [3.8, 4) is 0 Å². The Balaban J connectivity index is 1.61. The second kappa shape index (κ2) is 7.98. The number of hydrogen-bond acceptors (Lipinski definition) is 2. The predicted octanol–water partition coefficient (Wildman–Crippen LogP) is 5.31. The van der Waals surface area contributed by atoms with E-state index in [0.717, 1.165) is 12.8 Å². The molecule has 2 nitrogen and oxygen atoms in total. The summed E-state index contributed by atoms with van der Waals surface area (Å²) in [5, 5.41) is 3.79. The first-order chi connectivity index (χ1) is 13.2. The van der Waals surface area contributed by atoms with Gasteiger partial charge in [-0.05, 0) is 67.7 Å². The lowest BCUT2D eigenvalue weighted by Gasteiger charge is -2.30. The summed E-state index contributed by atoms with van der Waals surface area (Å²) < 4.78 is 0. The van der Waals surface area contributed by atoms with Crippen LogP contribution in [0.25, 0.3) is 0 Å². The molecule has 1 atom stereocenters. The van der Waals surface area contributed by atoms with Crippen molar-refractivity contribution in [2.45, 2.75) is 31.3 Å². The van der Waals surface area contributed by atoms with Crippen molar-refractivity contribution in [1.29, 1.82) is 0 Å². The Kier molecular flexibility index (Phi) is 5.26. The molecule has 2 heteroatoms. The summed E-state index contributed by atoms with van der Waals surface area (Å²) >= 11 is 0. The summed E-state index contributed by atoms with van der Waals surface area (Å²) in [4.78, 5) is 2.36. The molecule has 4 rings (SSSR count). The highest BCUT2D eigenvalue weighted by Crippen LogP contribution is 2.30. The number of nitrogens with zero attached hydrogens (tertiary/aromatic N) is 1. The third-order valence-corrected chi connectivity index (χ3v) is 5.72. The largest absolute Gasteiger partial charge is 0.374 e. The maximum atomic E-state index is 3.79. The first-order valence-corrected chi connectivity index (χ1v) is 9.85. The zero-order valence-electron chi connectivity index (χ0n) is 16.2. The number of benzene rings is 3. The molecule has 0 aromatic heterocycles. The van der Waals surface area contributed by atoms with Crippen LogP contribution in [0.5, 0.6) is 0 Å². The van der Waals surface area contributed by atoms with Gasteiger partial charge < -0.3 is 10.2 Å². The molecule has 0 spiro atoms. The van der Waals surface area contributed by atoms with Gasteiger partial charge in [-0.25, -0.2) is 0 Å². The van der Waals surface area contributed by atoms with Crippen molar-refractivity contribution in [1.82, 2.24) is 4.90 Å². The van der Waals surface area contributed by atoms with E-state index in [4.69, 9.17) is 0 Å². The molecule has 3 aromatic rings. The smallest absolute Gasteiger partial charge is 0.0767 e. The number of hydrogen-bond donors (Lipinski definition) is 1. The fourth-order valence-electron chi connectivity index (χ4n) is 4.08. The van der Waals surface area contributed by atoms with Gasteiger partial charge in [0.15, 0.2) is 0 Å². The number of anilines is 1. The molecule has 0 fully saturated rings. The standard InChI is InChI=1S/C25H28N2/c1-27(2)24-16-14-21-17-23(15-13-22(21)18-24)26-25(19-9-5-3-6-10-19)20-11-7-4-8-12-20/h3-13,15,17,24-26H,14,16,18H2,1-2H3. The van der Waals surface area contributed by atoms with E-state index in [0.29, 0.717) is 6.04 Å². The van der Waals surface area contributed by atoms with E-state index in [1.54, 1.807) is 0 Å². The van der Waals surface area contributed by atoms with E-state index in [9.17, 15) is 0 Å². The van der Waals surface area contributed by atoms with Gasteiger partial charge in [0.1, 0.15) is 0 Å². The van der Waals surface area contributed by atoms with Gasteiger partial charge >= 0.3 is 0 Å². The Labute approximate surface area is 162 Å². The minimum absolute atomic E-state index is 0.156. The van der Waals surface area contributed by atoms with Gasteiger partial charge in [0, 0.05) is 11.7 Å². The lowest BCUT2D eigenvalue weighted by molar-refractivity contribution is 0.268. The minimum Gasteiger partial charge on any atom is -0.374 e. The molecular formula is C25H28N2. The summed E-state index contributed by atoms with van der Waals surface area (Å²) in [5.74, 6) is 0. The maximum absolute atomic E-state index is 3.79. The van der Waals surface area contributed by atoms with Gasteiger partial charge in [-0.1, -0.05) is 66.7 Å². The number of likely N-dealkylation sites (N-methyl/N-ethyl adjacent to an activating group) is 1. The highest BCUT2D eigenvalue weighted by atomic mass is 15.1. The fourth-order valence-corrected chi connectivity index (χ4v) is 4.08. The molecule has 1 N–H and O–H groups in total. The summed E-state index contributed by atoms with van der Waals surface area (Å²) in [7, 11) is 4.38. The molecule has 1 unspecified atom stereocenters. The molecule has 0 saturated carbocycles. The zero-order chi connectivity index (χ0) is 18.6. The summed E-state index contributed by atoms with van der Waals surface area (Å²) in [6.07, 6.45) is 3.56. The van der Waals surface area contributed by atoms with Crippen LogP contribution in [0, 0.1) is 0 Å². The van der Waals surface area contributed by atoms with E-state index in [2.05, 4.69) is 103 Å². The van der Waals surface area contributed by atoms with Crippen molar-refractivity contribution in [3.05, 3.63) is 101 Å². The molecule has 27 heavy (non-hydrogen) atoms. The van der Waals surface area contributed by atoms with E-state index in [-0.39, 0.29) is 6.04 Å². The van der Waals surface area contributed by atoms with Crippen LogP contribution in [0.1, 0.15) is 34.7 Å². The van der Waals surface area contributed by atoms with Crippen LogP contribution < -0.4 is 5.32 Å². The number of nitrogens with one attached hydrogen (secondary N) is 1. The van der Waals surface area contributed by atoms with Crippen LogP contribution in [0.15, 0.2) is 78.9 Å². The van der Waals surface area contributed by atoms with Crippen LogP contribution in [-0.2, 0) is 12.8 Å². The van der Waals surface area contributed by atoms with Gasteiger partial charge in [-0.3, -0.25) is 0 Å². The highest BCUT2D eigenvalue weighted by Gasteiger charge is 2.21. The quantitative estimate of drug-likeness (QED) is 0.667. The van der Waals surface area contributed by atoms with Crippen LogP contribution in [0.3, 0.4) is 0 Å². The molecule has 0 aliphatic heterocycles. The third-order valence-electron chi connectivity index (χ3n) is 5.72. The Morgan fingerprint density at radius 3 is 2.04 bits per heavy atom. The maximum Gasteiger partial charge on any atom is 0.0767 e. The van der Waals surface area contributed by atoms with Crippen LogP contribution in [-0.4, -0.2) is 25.0 Å². The molecule has 0 bridgehead atoms. The van der Waals surface area contributed by atoms with Crippen molar-refractivity contribution in [3.63, 3.8) is 0 Å². The molecule has 0 radical (unpaired) electrons. The first-order valence-electron chi connectivity index (χ1n) is 9.85. The van der Waals surface area contributed by atoms with Gasteiger partial charge in [-0.15, -0.1) is 0 Å². The molecule has 0 saturated heterocycles. The van der Waals surface area contributed by atoms with E-state index < -0.39 is 0 Å². The van der Waals surface area contributed by atoms with Crippen LogP contribution in [0.4, 0.5) is 5.69 Å². The summed E-state index contributed by atoms with van der Waals surface area (Å²) in [5.41, 5.74) is 6.78. The van der Waals surface area contributed by atoms with Gasteiger partial charge in [0.2, 0.25) is 0 Å². The molecule has 138 valence electrons. The zero-order valence-corrected chi connectivity index (χ0v) is 16.2. The molecule has 1 aliphatic carbocycles. The second-order valence-corrected chi connectivity index (χ2v) is 7.74. The second-order valence-electron chi connectivity index (χ2n) is 7.74. The average Bonchev–Trinajstić information content (AvgIpc) is 2.72. The monoisotopic (exact) mass is 356 g/mol. The van der Waals surface area contributed by atoms with Gasteiger partial charge in [-0.2, -0.15) is 0 Å². The Bertz CT molecular complexity index is 832. The highest BCUT2D eigenvalue weighted by molar-refractivity contribution is 5.53. The topological polar surface area (TPSA) is 15.3 Å². The minimum atomic E-state index is 0.156. The Hall–Kier alpha value is -2.58. The average molecular weight is 357 g/mol. The fraction of sp³-hybridized carbons (Fsp3) is 0.280. The van der Waals surface area contributed by atoms with Crippen molar-refractivity contribution < 1.29 is 0 Å². The molecular weight excluding hydrogens is 328 g/mol. The predicted molar refractivity (Wildman–Crippen MR) is 114 cm³/mol. The molecule has 3 aromatic carbocycles. The Morgan fingerprint density at radius 1 is 0.815 bits per heavy atom. The van der Waals surface area contributed by atoms with Crippen molar-refractivity contribution >= 4 is 5.69 Å².